The molecule has 0 saturated carbocycles. The summed E-state index contributed by atoms with van der Waals surface area (Å²) >= 11 is 0. The number of benzene rings is 2. The van der Waals surface area contributed by atoms with Gasteiger partial charge in [0.15, 0.2) is 23.9 Å². The fourth-order valence-electron chi connectivity index (χ4n) is 2.86. The number of aromatic nitrogens is 1. The van der Waals surface area contributed by atoms with Crippen LogP contribution in [0.25, 0.3) is 11.3 Å². The average molecular weight is 410 g/mol. The third kappa shape index (κ3) is 5.31. The Morgan fingerprint density at radius 3 is 2.43 bits per heavy atom. The molecule has 0 bridgehead atoms. The molecule has 1 heterocycles. The van der Waals surface area contributed by atoms with E-state index in [2.05, 4.69) is 24.3 Å². The molecule has 1 amide bonds. The number of hydrogen-bond acceptors (Lipinski definition) is 6. The molecule has 3 aromatic rings. The Morgan fingerprint density at radius 1 is 1.03 bits per heavy atom. The fraction of sp³-hybridized carbons (Fsp3) is 0.304. The highest BCUT2D eigenvalue weighted by molar-refractivity contribution is 5.77. The molecule has 0 aliphatic carbocycles. The number of nitrogens with one attached hydrogen (secondary N) is 1. The number of carbonyl (C=O) groups excluding carboxylic acids is 1. The summed E-state index contributed by atoms with van der Waals surface area (Å²) in [7, 11) is 3.15. The number of carbonyl (C=O) groups is 1. The van der Waals surface area contributed by atoms with Gasteiger partial charge in [-0.25, -0.2) is 0 Å². The minimum absolute atomic E-state index is 0.0680. The molecule has 0 aliphatic rings. The number of rotatable bonds is 9. The van der Waals surface area contributed by atoms with Gasteiger partial charge in [-0.05, 0) is 41.8 Å². The first-order valence-corrected chi connectivity index (χ1v) is 9.67. The van der Waals surface area contributed by atoms with Gasteiger partial charge >= 0.3 is 0 Å². The smallest absolute Gasteiger partial charge is 0.258 e. The zero-order chi connectivity index (χ0) is 21.5. The SMILES string of the molecule is COc1ccc(-c2cc(CNC(=O)COc3ccc(C(C)C)cc3)no2)cc1OC. The van der Waals surface area contributed by atoms with Gasteiger partial charge in [-0.2, -0.15) is 0 Å². The lowest BCUT2D eigenvalue weighted by Gasteiger charge is -2.09. The van der Waals surface area contributed by atoms with Gasteiger partial charge in [0, 0.05) is 11.6 Å². The molecule has 7 nitrogen and oxygen atoms in total. The molecule has 1 aromatic heterocycles. The molecular formula is C23H26N2O5. The number of amides is 1. The Hall–Kier alpha value is -3.48. The number of methoxy groups -OCH3 is 2. The molecule has 0 saturated heterocycles. The van der Waals surface area contributed by atoms with E-state index in [1.54, 1.807) is 32.4 Å². The van der Waals surface area contributed by atoms with E-state index in [0.717, 1.165) is 5.56 Å². The summed E-state index contributed by atoms with van der Waals surface area (Å²) in [6.07, 6.45) is 0. The van der Waals surface area contributed by atoms with Crippen LogP contribution in [0.4, 0.5) is 0 Å². The van der Waals surface area contributed by atoms with Crippen LogP contribution in [0.3, 0.4) is 0 Å². The van der Waals surface area contributed by atoms with Crippen molar-refractivity contribution in [2.45, 2.75) is 26.3 Å². The van der Waals surface area contributed by atoms with Crippen molar-refractivity contribution in [2.24, 2.45) is 0 Å². The van der Waals surface area contributed by atoms with Crippen LogP contribution in [0.5, 0.6) is 17.2 Å². The van der Waals surface area contributed by atoms with E-state index in [1.807, 2.05) is 30.3 Å². The van der Waals surface area contributed by atoms with Crippen molar-refractivity contribution in [3.63, 3.8) is 0 Å². The van der Waals surface area contributed by atoms with Gasteiger partial charge in [0.05, 0.1) is 20.8 Å². The average Bonchev–Trinajstić information content (AvgIpc) is 3.25. The predicted molar refractivity (Wildman–Crippen MR) is 113 cm³/mol. The topological polar surface area (TPSA) is 82.8 Å². The molecule has 0 fully saturated rings. The summed E-state index contributed by atoms with van der Waals surface area (Å²) in [5.41, 5.74) is 2.63. The molecule has 158 valence electrons. The zero-order valence-electron chi connectivity index (χ0n) is 17.6. The Bertz CT molecular complexity index is 980. The van der Waals surface area contributed by atoms with E-state index in [1.165, 1.54) is 5.56 Å². The maximum absolute atomic E-state index is 12.1. The normalized spacial score (nSPS) is 10.7. The molecule has 0 unspecified atom stereocenters. The van der Waals surface area contributed by atoms with Gasteiger partial charge in [0.2, 0.25) is 0 Å². The Balaban J connectivity index is 1.52. The maximum Gasteiger partial charge on any atom is 0.258 e. The second-order valence-corrected chi connectivity index (χ2v) is 7.04. The lowest BCUT2D eigenvalue weighted by Crippen LogP contribution is -2.28. The highest BCUT2D eigenvalue weighted by atomic mass is 16.5. The van der Waals surface area contributed by atoms with Crippen molar-refractivity contribution >= 4 is 5.91 Å². The summed E-state index contributed by atoms with van der Waals surface area (Å²) in [5.74, 6) is 2.67. The van der Waals surface area contributed by atoms with Crippen molar-refractivity contribution in [3.8, 4) is 28.6 Å². The number of hydrogen-bond donors (Lipinski definition) is 1. The second-order valence-electron chi connectivity index (χ2n) is 7.04. The molecule has 2 aromatic carbocycles. The Kier molecular flexibility index (Phi) is 6.95. The van der Waals surface area contributed by atoms with Crippen molar-refractivity contribution in [1.29, 1.82) is 0 Å². The number of ether oxygens (including phenoxy) is 3. The van der Waals surface area contributed by atoms with Gasteiger partial charge < -0.3 is 24.1 Å². The summed E-state index contributed by atoms with van der Waals surface area (Å²) in [4.78, 5) is 12.1. The van der Waals surface area contributed by atoms with Crippen molar-refractivity contribution in [3.05, 3.63) is 59.8 Å². The minimum Gasteiger partial charge on any atom is -0.493 e. The second kappa shape index (κ2) is 9.82. The first kappa shape index (κ1) is 21.2. The van der Waals surface area contributed by atoms with Crippen LogP contribution in [0, 0.1) is 0 Å². The molecule has 0 aliphatic heterocycles. The summed E-state index contributed by atoms with van der Waals surface area (Å²) in [6.45, 7) is 4.43. The maximum atomic E-state index is 12.1. The minimum atomic E-state index is -0.237. The molecule has 0 spiro atoms. The molecule has 0 radical (unpaired) electrons. The monoisotopic (exact) mass is 410 g/mol. The van der Waals surface area contributed by atoms with E-state index in [-0.39, 0.29) is 19.1 Å². The van der Waals surface area contributed by atoms with Crippen LogP contribution >= 0.6 is 0 Å². The first-order valence-electron chi connectivity index (χ1n) is 9.67. The Morgan fingerprint density at radius 2 is 1.77 bits per heavy atom. The van der Waals surface area contributed by atoms with Crippen LogP contribution in [-0.4, -0.2) is 31.9 Å². The Labute approximate surface area is 175 Å². The van der Waals surface area contributed by atoms with Gasteiger partial charge in [-0.15, -0.1) is 0 Å². The third-order valence-corrected chi connectivity index (χ3v) is 4.61. The zero-order valence-corrected chi connectivity index (χ0v) is 17.6. The highest BCUT2D eigenvalue weighted by Crippen LogP contribution is 2.32. The van der Waals surface area contributed by atoms with Crippen molar-refractivity contribution in [1.82, 2.24) is 10.5 Å². The van der Waals surface area contributed by atoms with Crippen LogP contribution in [-0.2, 0) is 11.3 Å². The first-order chi connectivity index (χ1) is 14.5. The van der Waals surface area contributed by atoms with Crippen LogP contribution in [0.1, 0.15) is 31.0 Å². The molecule has 7 heteroatoms. The molecular weight excluding hydrogens is 384 g/mol. The summed E-state index contributed by atoms with van der Waals surface area (Å²) in [5, 5.41) is 6.78. The van der Waals surface area contributed by atoms with E-state index >= 15 is 0 Å². The largest absolute Gasteiger partial charge is 0.493 e. The van der Waals surface area contributed by atoms with E-state index in [0.29, 0.717) is 34.6 Å². The molecule has 1 N–H and O–H groups in total. The predicted octanol–water partition coefficient (Wildman–Crippen LogP) is 4.18. The summed E-state index contributed by atoms with van der Waals surface area (Å²) < 4.78 is 21.5. The van der Waals surface area contributed by atoms with Gasteiger partial charge in [0.1, 0.15) is 11.4 Å². The fourth-order valence-corrected chi connectivity index (χ4v) is 2.86. The van der Waals surface area contributed by atoms with Crippen molar-refractivity contribution < 1.29 is 23.5 Å². The van der Waals surface area contributed by atoms with Crippen LogP contribution < -0.4 is 19.5 Å². The van der Waals surface area contributed by atoms with Gasteiger partial charge in [0.25, 0.3) is 5.91 Å². The van der Waals surface area contributed by atoms with Crippen LogP contribution in [0.2, 0.25) is 0 Å². The van der Waals surface area contributed by atoms with E-state index < -0.39 is 0 Å². The van der Waals surface area contributed by atoms with Gasteiger partial charge in [-0.3, -0.25) is 4.79 Å². The number of nitrogens with zero attached hydrogens (tertiary/aromatic N) is 1. The quantitative estimate of drug-likeness (QED) is 0.570. The molecule has 3 rings (SSSR count). The highest BCUT2D eigenvalue weighted by Gasteiger charge is 2.12. The summed E-state index contributed by atoms with van der Waals surface area (Å²) in [6, 6.07) is 15.0. The molecule has 0 atom stereocenters. The van der Waals surface area contributed by atoms with Gasteiger partial charge in [-0.1, -0.05) is 31.1 Å². The molecule has 30 heavy (non-hydrogen) atoms. The van der Waals surface area contributed by atoms with Crippen LogP contribution in [0.15, 0.2) is 53.1 Å². The van der Waals surface area contributed by atoms with E-state index in [4.69, 9.17) is 18.7 Å². The third-order valence-electron chi connectivity index (χ3n) is 4.61. The van der Waals surface area contributed by atoms with E-state index in [9.17, 15) is 4.79 Å². The lowest BCUT2D eigenvalue weighted by atomic mass is 10.0. The standard InChI is InChI=1S/C23H26N2O5/c1-15(2)16-5-8-19(9-6-16)29-14-23(26)24-13-18-12-21(30-25-18)17-7-10-20(27-3)22(11-17)28-4/h5-12,15H,13-14H2,1-4H3,(H,24,26). The lowest BCUT2D eigenvalue weighted by molar-refractivity contribution is -0.123. The van der Waals surface area contributed by atoms with Crippen molar-refractivity contribution in [2.75, 3.05) is 20.8 Å².